The molecule has 0 radical (unpaired) electrons. The third-order valence-corrected chi connectivity index (χ3v) is 19.7. The Morgan fingerprint density at radius 1 is 0.542 bits per heavy atom. The Bertz CT molecular complexity index is 1740. The van der Waals surface area contributed by atoms with Crippen molar-refractivity contribution in [3.63, 3.8) is 0 Å². The van der Waals surface area contributed by atoms with Crippen molar-refractivity contribution in [3.05, 3.63) is 129 Å². The molecule has 0 aliphatic heterocycles. The van der Waals surface area contributed by atoms with Crippen molar-refractivity contribution in [1.82, 2.24) is 0 Å². The Kier molecular flexibility index (Phi) is 11.9. The van der Waals surface area contributed by atoms with Gasteiger partial charge in [-0.3, -0.25) is 0 Å². The van der Waals surface area contributed by atoms with Gasteiger partial charge in [0, 0.05) is 0 Å². The maximum absolute atomic E-state index is 2.59. The zero-order valence-corrected chi connectivity index (χ0v) is 34.5. The van der Waals surface area contributed by atoms with Gasteiger partial charge in [0.2, 0.25) is 0 Å². The molecule has 4 aromatic carbocycles. The van der Waals surface area contributed by atoms with E-state index in [0.717, 1.165) is 12.8 Å². The Labute approximate surface area is 311 Å². The molecule has 6 rings (SSSR count). The van der Waals surface area contributed by atoms with Crippen LogP contribution in [0.1, 0.15) is 123 Å². The molecular formula is C45H52Cl2Zr. The summed E-state index contributed by atoms with van der Waals surface area (Å²) in [4.78, 5) is 0. The van der Waals surface area contributed by atoms with Crippen LogP contribution in [0.3, 0.4) is 0 Å². The summed E-state index contributed by atoms with van der Waals surface area (Å²) in [6, 6.07) is 33.0. The summed E-state index contributed by atoms with van der Waals surface area (Å²) >= 11 is -2.36. The van der Waals surface area contributed by atoms with Crippen LogP contribution in [0.2, 0.25) is 0 Å². The van der Waals surface area contributed by atoms with Crippen LogP contribution in [0, 0.1) is 0 Å². The standard InChI is InChI=1S/2C21H23.C3H6.2ClH.Zr/c2*1-5-15-13-17-7-6-8-19(20(17)14-15)16-9-11-18(12-10-16)21(2,3)4;1-3-2;;;/h2*6-14H,5H2,1-4H3;1-2H3;2*1H;/q;;;;;+2/p-2. The molecule has 0 spiro atoms. The van der Waals surface area contributed by atoms with Crippen LogP contribution in [0.5, 0.6) is 0 Å². The molecule has 0 saturated heterocycles. The molecule has 0 fully saturated rings. The molecule has 3 heteroatoms. The Morgan fingerprint density at radius 3 is 1.19 bits per heavy atom. The third kappa shape index (κ3) is 7.13. The average Bonchev–Trinajstić information content (AvgIpc) is 3.59. The van der Waals surface area contributed by atoms with Crippen LogP contribution in [0.4, 0.5) is 0 Å². The topological polar surface area (TPSA) is 0 Å². The maximum Gasteiger partial charge on any atom is -1.00 e. The van der Waals surface area contributed by atoms with Gasteiger partial charge in [0.15, 0.2) is 0 Å². The van der Waals surface area contributed by atoms with Gasteiger partial charge in [-0.1, -0.05) is 0 Å². The van der Waals surface area contributed by atoms with Gasteiger partial charge in [-0.15, -0.1) is 0 Å². The Morgan fingerprint density at radius 2 is 0.896 bits per heavy atom. The van der Waals surface area contributed by atoms with E-state index in [4.69, 9.17) is 0 Å². The number of rotatable bonds is 6. The summed E-state index contributed by atoms with van der Waals surface area (Å²) in [6.45, 7) is 23.5. The molecule has 4 aromatic rings. The number of benzene rings is 4. The summed E-state index contributed by atoms with van der Waals surface area (Å²) in [5.74, 6) is 0. The minimum atomic E-state index is -2.36. The van der Waals surface area contributed by atoms with E-state index in [1.807, 2.05) is 0 Å². The molecule has 0 N–H and O–H groups in total. The van der Waals surface area contributed by atoms with Gasteiger partial charge in [-0.2, -0.15) is 0 Å². The van der Waals surface area contributed by atoms with E-state index in [0.29, 0.717) is 7.25 Å². The van der Waals surface area contributed by atoms with Crippen molar-refractivity contribution in [2.45, 2.75) is 100 Å². The number of hydrogen-bond donors (Lipinski definition) is 0. The van der Waals surface area contributed by atoms with Crippen molar-refractivity contribution in [1.29, 1.82) is 0 Å². The second kappa shape index (κ2) is 14.9. The first-order chi connectivity index (χ1) is 21.8. The average molecular weight is 755 g/mol. The largest absolute Gasteiger partial charge is 1.00 e. The van der Waals surface area contributed by atoms with Crippen LogP contribution in [0.25, 0.3) is 34.4 Å². The summed E-state index contributed by atoms with van der Waals surface area (Å²) in [5.41, 5.74) is 18.0. The Balaban J connectivity index is 0.00000260. The van der Waals surface area contributed by atoms with Gasteiger partial charge < -0.3 is 24.8 Å². The van der Waals surface area contributed by atoms with E-state index in [1.165, 1.54) is 44.5 Å². The first kappa shape index (κ1) is 38.5. The third-order valence-electron chi connectivity index (χ3n) is 10.4. The summed E-state index contributed by atoms with van der Waals surface area (Å²) < 4.78 is 2.86. The quantitative estimate of drug-likeness (QED) is 0.202. The summed E-state index contributed by atoms with van der Waals surface area (Å²) in [7, 11) is 0. The molecule has 0 heterocycles. The maximum atomic E-state index is 2.59. The van der Waals surface area contributed by atoms with Crippen LogP contribution < -0.4 is 24.8 Å². The van der Waals surface area contributed by atoms with Gasteiger partial charge in [-0.05, 0) is 0 Å². The molecule has 48 heavy (non-hydrogen) atoms. The van der Waals surface area contributed by atoms with Crippen molar-refractivity contribution in [2.75, 3.05) is 0 Å². The summed E-state index contributed by atoms with van der Waals surface area (Å²) in [5, 5.41) is 0. The number of hydrogen-bond acceptors (Lipinski definition) is 0. The molecule has 0 saturated carbocycles. The fraction of sp³-hybridized carbons (Fsp3) is 0.356. The zero-order valence-electron chi connectivity index (χ0n) is 30.6. The first-order valence-electron chi connectivity index (χ1n) is 17.4. The monoisotopic (exact) mass is 752 g/mol. The van der Waals surface area contributed by atoms with Crippen LogP contribution in [0.15, 0.2) is 96.1 Å². The predicted molar refractivity (Wildman–Crippen MR) is 200 cm³/mol. The molecule has 2 aliphatic carbocycles. The van der Waals surface area contributed by atoms with Gasteiger partial charge in [0.25, 0.3) is 0 Å². The van der Waals surface area contributed by atoms with E-state index in [9.17, 15) is 0 Å². The van der Waals surface area contributed by atoms with Crippen molar-refractivity contribution in [3.8, 4) is 22.3 Å². The zero-order chi connectivity index (χ0) is 33.0. The summed E-state index contributed by atoms with van der Waals surface area (Å²) in [6.07, 6.45) is 7.41. The van der Waals surface area contributed by atoms with Gasteiger partial charge in [0.05, 0.1) is 0 Å². The number of fused-ring (bicyclic) bond motifs is 2. The number of allylic oxidation sites excluding steroid dienone is 2. The molecule has 0 aromatic heterocycles. The molecule has 0 nitrogen and oxygen atoms in total. The molecular weight excluding hydrogens is 703 g/mol. The van der Waals surface area contributed by atoms with E-state index in [1.54, 1.807) is 25.5 Å². The van der Waals surface area contributed by atoms with E-state index in [2.05, 4.69) is 166 Å². The molecule has 0 bridgehead atoms. The molecule has 2 atom stereocenters. The molecule has 2 unspecified atom stereocenters. The fourth-order valence-corrected chi connectivity index (χ4v) is 17.7. The van der Waals surface area contributed by atoms with Crippen LogP contribution in [-0.2, 0) is 32.1 Å². The SMILES string of the molecule is CCC1=Cc2c(-c3ccc(C(C)(C)C)cc3)cccc2[CH]1[Zr+2](=[C](C)C)[CH]1C(CC)=Cc2c(-c3ccc(C(C)(C)C)cc3)cccc21.[Cl-].[Cl-]. The Hall–Kier alpha value is -2.31. The molecule has 250 valence electrons. The van der Waals surface area contributed by atoms with Crippen molar-refractivity contribution >= 4 is 15.4 Å². The minimum absolute atomic E-state index is 0. The normalized spacial score (nSPS) is 16.4. The molecule has 2 aliphatic rings. The second-order valence-electron chi connectivity index (χ2n) is 15.7. The van der Waals surface area contributed by atoms with E-state index >= 15 is 0 Å². The van der Waals surface area contributed by atoms with Crippen molar-refractivity contribution < 1.29 is 46.1 Å². The van der Waals surface area contributed by atoms with Gasteiger partial charge >= 0.3 is 288 Å². The fourth-order valence-electron chi connectivity index (χ4n) is 7.82. The first-order valence-corrected chi connectivity index (χ1v) is 21.5. The van der Waals surface area contributed by atoms with E-state index < -0.39 is 21.3 Å². The predicted octanol–water partition coefficient (Wildman–Crippen LogP) is 6.85. The smallest absolute Gasteiger partial charge is 1.00 e. The van der Waals surface area contributed by atoms with E-state index in [-0.39, 0.29) is 35.6 Å². The molecule has 0 amide bonds. The van der Waals surface area contributed by atoms with Crippen LogP contribution >= 0.6 is 0 Å². The van der Waals surface area contributed by atoms with Gasteiger partial charge in [0.1, 0.15) is 0 Å². The van der Waals surface area contributed by atoms with Gasteiger partial charge in [-0.25, -0.2) is 0 Å². The van der Waals surface area contributed by atoms with Crippen molar-refractivity contribution in [2.24, 2.45) is 0 Å². The second-order valence-corrected chi connectivity index (χ2v) is 23.3. The minimum Gasteiger partial charge on any atom is -1.00 e. The van der Waals surface area contributed by atoms with Crippen LogP contribution in [-0.4, -0.2) is 3.21 Å². The number of halogens is 2.